The molecule has 0 atom stereocenters. The molecule has 1 amide bonds. The van der Waals surface area contributed by atoms with Gasteiger partial charge in [0.05, 0.1) is 28.2 Å². The van der Waals surface area contributed by atoms with E-state index in [2.05, 4.69) is 5.32 Å². The topological polar surface area (TPSA) is 81.7 Å². The van der Waals surface area contributed by atoms with E-state index in [0.29, 0.717) is 0 Å². The van der Waals surface area contributed by atoms with Gasteiger partial charge in [0, 0.05) is 0 Å². The number of aryl methyl sites for hydroxylation is 1. The fourth-order valence-electron chi connectivity index (χ4n) is 2.35. The first-order chi connectivity index (χ1) is 11.0. The molecule has 24 heavy (non-hydrogen) atoms. The van der Waals surface area contributed by atoms with Gasteiger partial charge >= 0.3 is 6.09 Å². The summed E-state index contributed by atoms with van der Waals surface area (Å²) >= 11 is 0. The van der Waals surface area contributed by atoms with Gasteiger partial charge in [0.1, 0.15) is 5.60 Å². The van der Waals surface area contributed by atoms with E-state index in [1.807, 2.05) is 20.8 Å². The quantitative estimate of drug-likeness (QED) is 0.880. The number of cyclic esters (lactones) is 1. The summed E-state index contributed by atoms with van der Waals surface area (Å²) in [6.07, 6.45) is -0.828. The SMILES string of the molecule is Cc1ccc(S(=O)(=O)/C(COC(C)C)=C2/NC(=O)OC2(C)C)cc1. The minimum absolute atomic E-state index is 0.0101. The Balaban J connectivity index is 2.58. The Labute approximate surface area is 142 Å². The van der Waals surface area contributed by atoms with Gasteiger partial charge in [0.2, 0.25) is 9.84 Å². The monoisotopic (exact) mass is 353 g/mol. The molecule has 1 N–H and O–H groups in total. The molecule has 0 spiro atoms. The predicted molar refractivity (Wildman–Crippen MR) is 90.2 cm³/mol. The molecule has 0 radical (unpaired) electrons. The van der Waals surface area contributed by atoms with Gasteiger partial charge in [-0.15, -0.1) is 0 Å². The molecule has 7 heteroatoms. The minimum Gasteiger partial charge on any atom is -0.437 e. The van der Waals surface area contributed by atoms with Gasteiger partial charge < -0.3 is 9.47 Å². The lowest BCUT2D eigenvalue weighted by Gasteiger charge is -2.21. The summed E-state index contributed by atoms with van der Waals surface area (Å²) in [5.74, 6) is 0. The average Bonchev–Trinajstić information content (AvgIpc) is 2.72. The normalized spacial score (nSPS) is 19.2. The Hall–Kier alpha value is -1.86. The minimum atomic E-state index is -3.83. The molecule has 0 unspecified atom stereocenters. The molecular weight excluding hydrogens is 330 g/mol. The third-order valence-corrected chi connectivity index (χ3v) is 5.52. The predicted octanol–water partition coefficient (Wildman–Crippen LogP) is 2.92. The maximum Gasteiger partial charge on any atom is 0.412 e. The maximum atomic E-state index is 13.1. The lowest BCUT2D eigenvalue weighted by Crippen LogP contribution is -2.28. The standard InChI is InChI=1S/C17H23NO5S/c1-11(2)22-10-14(15-17(4,5)23-16(19)18-15)24(20,21)13-8-6-12(3)7-9-13/h6-9,11H,10H2,1-5H3,(H,18,19)/b15-14+. The number of hydrogen-bond acceptors (Lipinski definition) is 5. The van der Waals surface area contributed by atoms with E-state index in [-0.39, 0.29) is 28.2 Å². The van der Waals surface area contributed by atoms with Crippen LogP contribution in [0.15, 0.2) is 39.8 Å². The molecule has 1 heterocycles. The summed E-state index contributed by atoms with van der Waals surface area (Å²) in [6, 6.07) is 6.55. The summed E-state index contributed by atoms with van der Waals surface area (Å²) in [5.41, 5.74) is 0.109. The van der Waals surface area contributed by atoms with Crippen molar-refractivity contribution < 1.29 is 22.7 Å². The molecule has 1 saturated heterocycles. The Kier molecular flexibility index (Phi) is 5.05. The van der Waals surface area contributed by atoms with Crippen LogP contribution in [0.25, 0.3) is 0 Å². The highest BCUT2D eigenvalue weighted by Gasteiger charge is 2.42. The Bertz CT molecular complexity index is 761. The van der Waals surface area contributed by atoms with Crippen molar-refractivity contribution in [2.75, 3.05) is 6.61 Å². The Morgan fingerprint density at radius 1 is 1.25 bits per heavy atom. The van der Waals surface area contributed by atoms with E-state index in [4.69, 9.17) is 9.47 Å². The van der Waals surface area contributed by atoms with E-state index in [1.165, 1.54) is 0 Å². The van der Waals surface area contributed by atoms with Crippen molar-refractivity contribution in [3.8, 4) is 0 Å². The third kappa shape index (κ3) is 3.79. The zero-order chi connectivity index (χ0) is 18.1. The summed E-state index contributed by atoms with van der Waals surface area (Å²) < 4.78 is 36.9. The van der Waals surface area contributed by atoms with Crippen LogP contribution >= 0.6 is 0 Å². The fraction of sp³-hybridized carbons (Fsp3) is 0.471. The summed E-state index contributed by atoms with van der Waals surface area (Å²) in [4.78, 5) is 11.8. The van der Waals surface area contributed by atoms with Gasteiger partial charge in [-0.05, 0) is 46.8 Å². The lowest BCUT2D eigenvalue weighted by molar-refractivity contribution is 0.0897. The molecule has 0 aliphatic carbocycles. The molecule has 1 aliphatic heterocycles. The van der Waals surface area contributed by atoms with Crippen LogP contribution in [0.4, 0.5) is 4.79 Å². The number of amides is 1. The molecule has 1 aromatic carbocycles. The van der Waals surface area contributed by atoms with Crippen LogP contribution < -0.4 is 5.32 Å². The van der Waals surface area contributed by atoms with Crippen LogP contribution in [0.3, 0.4) is 0 Å². The molecule has 6 nitrogen and oxygen atoms in total. The van der Waals surface area contributed by atoms with Gasteiger partial charge in [-0.1, -0.05) is 17.7 Å². The second-order valence-electron chi connectivity index (χ2n) is 6.50. The van der Waals surface area contributed by atoms with Crippen molar-refractivity contribution in [1.82, 2.24) is 5.32 Å². The highest BCUT2D eigenvalue weighted by molar-refractivity contribution is 7.95. The first-order valence-corrected chi connectivity index (χ1v) is 9.19. The summed E-state index contributed by atoms with van der Waals surface area (Å²) in [7, 11) is -3.83. The van der Waals surface area contributed by atoms with Crippen molar-refractivity contribution in [3.63, 3.8) is 0 Å². The van der Waals surface area contributed by atoms with Crippen LogP contribution in [0.1, 0.15) is 33.3 Å². The third-order valence-electron chi connectivity index (χ3n) is 3.66. The molecule has 132 valence electrons. The number of alkyl carbamates (subject to hydrolysis) is 1. The van der Waals surface area contributed by atoms with Crippen molar-refractivity contribution >= 4 is 15.9 Å². The average molecular weight is 353 g/mol. The fourth-order valence-corrected chi connectivity index (χ4v) is 3.92. The van der Waals surface area contributed by atoms with E-state index >= 15 is 0 Å². The first kappa shape index (κ1) is 18.5. The number of hydrogen-bond donors (Lipinski definition) is 1. The Morgan fingerprint density at radius 3 is 2.29 bits per heavy atom. The number of nitrogens with one attached hydrogen (secondary N) is 1. The summed E-state index contributed by atoms with van der Waals surface area (Å²) in [6.45, 7) is 8.65. The number of carbonyl (C=O) groups excluding carboxylic acids is 1. The smallest absolute Gasteiger partial charge is 0.412 e. The highest BCUT2D eigenvalue weighted by atomic mass is 32.2. The highest BCUT2D eigenvalue weighted by Crippen LogP contribution is 2.32. The molecule has 0 saturated carbocycles. The van der Waals surface area contributed by atoms with Crippen LogP contribution in [0, 0.1) is 6.92 Å². The van der Waals surface area contributed by atoms with Crippen LogP contribution in [0.5, 0.6) is 0 Å². The van der Waals surface area contributed by atoms with Crippen molar-refractivity contribution in [3.05, 3.63) is 40.4 Å². The molecule has 1 fully saturated rings. The van der Waals surface area contributed by atoms with Gasteiger partial charge in [-0.3, -0.25) is 5.32 Å². The molecule has 2 rings (SSSR count). The van der Waals surface area contributed by atoms with Crippen molar-refractivity contribution in [2.24, 2.45) is 0 Å². The van der Waals surface area contributed by atoms with Crippen LogP contribution in [-0.4, -0.2) is 32.8 Å². The van der Waals surface area contributed by atoms with Gasteiger partial charge in [0.15, 0.2) is 0 Å². The number of sulfone groups is 1. The second kappa shape index (κ2) is 6.57. The van der Waals surface area contributed by atoms with E-state index in [0.717, 1.165) is 5.56 Å². The van der Waals surface area contributed by atoms with Gasteiger partial charge in [-0.2, -0.15) is 0 Å². The molecule has 1 aromatic rings. The van der Waals surface area contributed by atoms with Gasteiger partial charge in [-0.25, -0.2) is 13.2 Å². The van der Waals surface area contributed by atoms with Crippen LogP contribution in [-0.2, 0) is 19.3 Å². The van der Waals surface area contributed by atoms with Crippen LogP contribution in [0.2, 0.25) is 0 Å². The van der Waals surface area contributed by atoms with E-state index in [1.54, 1.807) is 38.1 Å². The summed E-state index contributed by atoms with van der Waals surface area (Å²) in [5, 5.41) is 2.51. The molecular formula is C17H23NO5S. The van der Waals surface area contributed by atoms with Crippen molar-refractivity contribution in [2.45, 2.75) is 51.2 Å². The Morgan fingerprint density at radius 2 is 1.83 bits per heavy atom. The molecule has 1 aliphatic rings. The zero-order valence-corrected chi connectivity index (χ0v) is 15.4. The molecule has 0 aromatic heterocycles. The first-order valence-electron chi connectivity index (χ1n) is 7.71. The van der Waals surface area contributed by atoms with E-state index in [9.17, 15) is 13.2 Å². The number of benzene rings is 1. The maximum absolute atomic E-state index is 13.1. The second-order valence-corrected chi connectivity index (χ2v) is 8.47. The van der Waals surface area contributed by atoms with E-state index < -0.39 is 21.5 Å². The largest absolute Gasteiger partial charge is 0.437 e. The lowest BCUT2D eigenvalue weighted by atomic mass is 10.1. The number of rotatable bonds is 5. The van der Waals surface area contributed by atoms with Crippen molar-refractivity contribution in [1.29, 1.82) is 0 Å². The number of carbonyl (C=O) groups is 1. The number of ether oxygens (including phenoxy) is 2. The van der Waals surface area contributed by atoms with Gasteiger partial charge in [0.25, 0.3) is 0 Å². The molecule has 0 bridgehead atoms. The zero-order valence-electron chi connectivity index (χ0n) is 14.5.